The van der Waals surface area contributed by atoms with Crippen LogP contribution in [0.4, 0.5) is 0 Å². The van der Waals surface area contributed by atoms with Gasteiger partial charge in [-0.05, 0) is 29.7 Å². The zero-order valence-corrected chi connectivity index (χ0v) is 8.35. The average Bonchev–Trinajstić information content (AvgIpc) is 2.58. The summed E-state index contributed by atoms with van der Waals surface area (Å²) in [5.74, 6) is 0.886. The predicted octanol–water partition coefficient (Wildman–Crippen LogP) is 2.92. The van der Waals surface area contributed by atoms with E-state index in [9.17, 15) is 0 Å². The monoisotopic (exact) mass is 194 g/mol. The lowest BCUT2D eigenvalue weighted by Gasteiger charge is -1.96. The van der Waals surface area contributed by atoms with E-state index < -0.39 is 0 Å². The fraction of sp³-hybridized carbons (Fsp3) is 0.200. The van der Waals surface area contributed by atoms with Crippen molar-refractivity contribution in [2.75, 3.05) is 14.2 Å². The van der Waals surface area contributed by atoms with Gasteiger partial charge in [0, 0.05) is 4.70 Å². The van der Waals surface area contributed by atoms with Crippen molar-refractivity contribution in [3.63, 3.8) is 0 Å². The van der Waals surface area contributed by atoms with Gasteiger partial charge in [0.15, 0.2) is 5.06 Å². The van der Waals surface area contributed by atoms with E-state index >= 15 is 0 Å². The van der Waals surface area contributed by atoms with E-state index in [1.165, 1.54) is 10.1 Å². The molecule has 68 valence electrons. The third-order valence-corrected chi connectivity index (χ3v) is 2.96. The Balaban J connectivity index is 2.57. The highest BCUT2D eigenvalue weighted by atomic mass is 32.1. The summed E-state index contributed by atoms with van der Waals surface area (Å²) in [6, 6.07) is 8.03. The lowest BCUT2D eigenvalue weighted by Crippen LogP contribution is -1.79. The molecule has 1 heterocycles. The number of fused-ring (bicyclic) bond motifs is 1. The summed E-state index contributed by atoms with van der Waals surface area (Å²) in [5.41, 5.74) is 0. The Morgan fingerprint density at radius 1 is 1.08 bits per heavy atom. The van der Waals surface area contributed by atoms with Crippen LogP contribution in [-0.4, -0.2) is 14.2 Å². The summed E-state index contributed by atoms with van der Waals surface area (Å²) < 4.78 is 11.5. The molecule has 3 heteroatoms. The number of thiophene rings is 1. The van der Waals surface area contributed by atoms with Gasteiger partial charge in [-0.25, -0.2) is 0 Å². The van der Waals surface area contributed by atoms with E-state index in [2.05, 4.69) is 0 Å². The summed E-state index contributed by atoms with van der Waals surface area (Å²) in [4.78, 5) is 0. The lowest BCUT2D eigenvalue weighted by molar-refractivity contribution is 0.415. The fourth-order valence-corrected chi connectivity index (χ4v) is 2.12. The van der Waals surface area contributed by atoms with Gasteiger partial charge in [0.05, 0.1) is 14.2 Å². The maximum absolute atomic E-state index is 5.15. The van der Waals surface area contributed by atoms with Crippen molar-refractivity contribution in [2.45, 2.75) is 0 Å². The zero-order chi connectivity index (χ0) is 9.26. The van der Waals surface area contributed by atoms with Crippen LogP contribution in [-0.2, 0) is 0 Å². The SMILES string of the molecule is COc1ccc2cc(OC)sc2c1. The van der Waals surface area contributed by atoms with Crippen LogP contribution in [0.5, 0.6) is 10.8 Å². The highest BCUT2D eigenvalue weighted by Gasteiger charge is 2.02. The summed E-state index contributed by atoms with van der Waals surface area (Å²) in [6.45, 7) is 0. The second-order valence-electron chi connectivity index (χ2n) is 2.67. The van der Waals surface area contributed by atoms with Crippen molar-refractivity contribution < 1.29 is 9.47 Å². The minimum atomic E-state index is 0.886. The second-order valence-corrected chi connectivity index (χ2v) is 3.72. The molecule has 0 radical (unpaired) electrons. The topological polar surface area (TPSA) is 18.5 Å². The Hall–Kier alpha value is -1.22. The Morgan fingerprint density at radius 2 is 1.92 bits per heavy atom. The van der Waals surface area contributed by atoms with Gasteiger partial charge < -0.3 is 9.47 Å². The first-order chi connectivity index (χ1) is 6.33. The van der Waals surface area contributed by atoms with Crippen molar-refractivity contribution in [3.05, 3.63) is 24.3 Å². The summed E-state index contributed by atoms with van der Waals surface area (Å²) >= 11 is 1.62. The molecule has 0 spiro atoms. The van der Waals surface area contributed by atoms with Gasteiger partial charge >= 0.3 is 0 Å². The van der Waals surface area contributed by atoms with E-state index in [1.807, 2.05) is 24.3 Å². The molecule has 0 N–H and O–H groups in total. The van der Waals surface area contributed by atoms with Crippen LogP contribution in [0, 0.1) is 0 Å². The molecule has 0 fully saturated rings. The van der Waals surface area contributed by atoms with Gasteiger partial charge in [-0.15, -0.1) is 0 Å². The van der Waals surface area contributed by atoms with Crippen molar-refractivity contribution in [1.29, 1.82) is 0 Å². The third-order valence-electron chi connectivity index (χ3n) is 1.91. The van der Waals surface area contributed by atoms with E-state index in [0.717, 1.165) is 10.8 Å². The van der Waals surface area contributed by atoms with Crippen molar-refractivity contribution in [3.8, 4) is 10.8 Å². The van der Waals surface area contributed by atoms with Crippen LogP contribution in [0.1, 0.15) is 0 Å². The minimum Gasteiger partial charge on any atom is -0.497 e. The normalized spacial score (nSPS) is 10.3. The fourth-order valence-electron chi connectivity index (χ4n) is 1.21. The molecule has 13 heavy (non-hydrogen) atoms. The summed E-state index contributed by atoms with van der Waals surface area (Å²) in [6.07, 6.45) is 0. The van der Waals surface area contributed by atoms with Crippen molar-refractivity contribution >= 4 is 21.4 Å². The molecule has 0 aliphatic carbocycles. The van der Waals surface area contributed by atoms with E-state index in [4.69, 9.17) is 9.47 Å². The molecule has 0 unspecified atom stereocenters. The van der Waals surface area contributed by atoms with Crippen LogP contribution >= 0.6 is 11.3 Å². The largest absolute Gasteiger partial charge is 0.497 e. The Bertz CT molecular complexity index is 418. The van der Waals surface area contributed by atoms with Gasteiger partial charge in [0.2, 0.25) is 0 Å². The van der Waals surface area contributed by atoms with E-state index in [0.29, 0.717) is 0 Å². The molecule has 0 saturated carbocycles. The van der Waals surface area contributed by atoms with Crippen LogP contribution in [0.2, 0.25) is 0 Å². The minimum absolute atomic E-state index is 0.886. The number of ether oxygens (including phenoxy) is 2. The maximum atomic E-state index is 5.15. The number of rotatable bonds is 2. The Morgan fingerprint density at radius 3 is 2.62 bits per heavy atom. The summed E-state index contributed by atoms with van der Waals surface area (Å²) in [5, 5.41) is 2.13. The van der Waals surface area contributed by atoms with E-state index in [1.54, 1.807) is 25.6 Å². The van der Waals surface area contributed by atoms with Gasteiger partial charge in [0.25, 0.3) is 0 Å². The first-order valence-electron chi connectivity index (χ1n) is 3.95. The molecule has 0 aliphatic rings. The molecular weight excluding hydrogens is 184 g/mol. The highest BCUT2D eigenvalue weighted by Crippen LogP contribution is 2.33. The number of hydrogen-bond acceptors (Lipinski definition) is 3. The van der Waals surface area contributed by atoms with Gasteiger partial charge in [-0.3, -0.25) is 0 Å². The van der Waals surface area contributed by atoms with Crippen molar-refractivity contribution in [1.82, 2.24) is 0 Å². The van der Waals surface area contributed by atoms with Crippen LogP contribution in [0.15, 0.2) is 24.3 Å². The van der Waals surface area contributed by atoms with Crippen LogP contribution in [0.3, 0.4) is 0 Å². The predicted molar refractivity (Wildman–Crippen MR) is 54.9 cm³/mol. The molecule has 0 bridgehead atoms. The summed E-state index contributed by atoms with van der Waals surface area (Å²) in [7, 11) is 3.36. The molecule has 0 aliphatic heterocycles. The molecule has 2 rings (SSSR count). The molecule has 0 amide bonds. The highest BCUT2D eigenvalue weighted by molar-refractivity contribution is 7.20. The second kappa shape index (κ2) is 3.26. The first-order valence-corrected chi connectivity index (χ1v) is 4.76. The standard InChI is InChI=1S/C10H10O2S/c1-11-8-4-3-7-5-10(12-2)13-9(7)6-8/h3-6H,1-2H3. The Labute approximate surface area is 80.7 Å². The molecular formula is C10H10O2S. The van der Waals surface area contributed by atoms with Crippen LogP contribution in [0.25, 0.3) is 10.1 Å². The third kappa shape index (κ3) is 1.47. The average molecular weight is 194 g/mol. The number of hydrogen-bond donors (Lipinski definition) is 0. The first kappa shape index (κ1) is 8.38. The maximum Gasteiger partial charge on any atom is 0.174 e. The number of benzene rings is 1. The lowest BCUT2D eigenvalue weighted by atomic mass is 10.2. The molecule has 2 nitrogen and oxygen atoms in total. The van der Waals surface area contributed by atoms with Crippen LogP contribution < -0.4 is 9.47 Å². The molecule has 2 aromatic rings. The Kier molecular flexibility index (Phi) is 2.10. The zero-order valence-electron chi connectivity index (χ0n) is 7.53. The quantitative estimate of drug-likeness (QED) is 0.731. The molecule has 1 aromatic carbocycles. The van der Waals surface area contributed by atoms with E-state index in [-0.39, 0.29) is 0 Å². The van der Waals surface area contributed by atoms with Crippen molar-refractivity contribution in [2.24, 2.45) is 0 Å². The van der Waals surface area contributed by atoms with Gasteiger partial charge in [-0.1, -0.05) is 11.3 Å². The molecule has 1 aromatic heterocycles. The smallest absolute Gasteiger partial charge is 0.174 e. The molecule has 0 saturated heterocycles. The number of methoxy groups -OCH3 is 2. The van der Waals surface area contributed by atoms with Gasteiger partial charge in [-0.2, -0.15) is 0 Å². The molecule has 0 atom stereocenters. The van der Waals surface area contributed by atoms with Gasteiger partial charge in [0.1, 0.15) is 5.75 Å².